The van der Waals surface area contributed by atoms with Crippen LogP contribution in [0.25, 0.3) is 0 Å². The molecule has 10 nitrogen and oxygen atoms in total. The fraction of sp³-hybridized carbons (Fsp3) is 0.621. The average Bonchev–Trinajstić information content (AvgIpc) is 2.88. The average molecular weight is 607 g/mol. The largest absolute Gasteiger partial charge is 0.464 e. The molecule has 0 spiro atoms. The van der Waals surface area contributed by atoms with Gasteiger partial charge in [0.15, 0.2) is 6.61 Å². The number of carbonyl (C=O) groups is 5. The van der Waals surface area contributed by atoms with Crippen LogP contribution in [0.4, 0.5) is 13.2 Å². The van der Waals surface area contributed by atoms with Crippen molar-refractivity contribution in [1.82, 2.24) is 0 Å². The van der Waals surface area contributed by atoms with E-state index < -0.39 is 85.3 Å². The van der Waals surface area contributed by atoms with Gasteiger partial charge in [0, 0.05) is 16.7 Å². The zero-order valence-electron chi connectivity index (χ0n) is 25.3. The van der Waals surface area contributed by atoms with Crippen molar-refractivity contribution >= 4 is 29.8 Å². The van der Waals surface area contributed by atoms with Gasteiger partial charge < -0.3 is 23.7 Å². The second-order valence-corrected chi connectivity index (χ2v) is 11.3. The second-order valence-electron chi connectivity index (χ2n) is 11.3. The standard InChI is InChI=1S/C29H41F3O10/c1-11-27(10,25(37)42-17-29(30,31)32)12-26(8,9)24(36)41-16-28(13-38-21(33)18(2)3,14-39-22(34)19(4)5)15-40-23(35)20(6)7/h2,4,6,11-17H2,1,3,5,7-10H3. The molecule has 0 heterocycles. The Morgan fingerprint density at radius 3 is 1.24 bits per heavy atom. The summed E-state index contributed by atoms with van der Waals surface area (Å²) in [5.74, 6) is -4.49. The quantitative estimate of drug-likeness (QED) is 0.129. The van der Waals surface area contributed by atoms with E-state index in [0.29, 0.717) is 0 Å². The number of carbonyl (C=O) groups excluding carboxylic acids is 5. The van der Waals surface area contributed by atoms with E-state index in [9.17, 15) is 37.1 Å². The summed E-state index contributed by atoms with van der Waals surface area (Å²) in [7, 11) is 0. The Labute approximate surface area is 244 Å². The molecule has 0 aliphatic carbocycles. The van der Waals surface area contributed by atoms with Crippen molar-refractivity contribution in [1.29, 1.82) is 0 Å². The second kappa shape index (κ2) is 15.5. The highest BCUT2D eigenvalue weighted by Crippen LogP contribution is 2.39. The lowest BCUT2D eigenvalue weighted by atomic mass is 9.72. The van der Waals surface area contributed by atoms with Gasteiger partial charge in [-0.1, -0.05) is 26.7 Å². The van der Waals surface area contributed by atoms with Crippen molar-refractivity contribution in [2.75, 3.05) is 33.0 Å². The fourth-order valence-corrected chi connectivity index (χ4v) is 3.40. The Morgan fingerprint density at radius 2 is 0.929 bits per heavy atom. The van der Waals surface area contributed by atoms with E-state index in [1.54, 1.807) is 6.92 Å². The SMILES string of the molecule is C=C(C)C(=O)OCC(COC(=O)C(=C)C)(COC(=O)C(=C)C)COC(=O)C(C)(C)CC(C)(CC)C(=O)OCC(F)(F)F. The van der Waals surface area contributed by atoms with E-state index in [4.69, 9.17) is 18.9 Å². The molecular formula is C29H41F3O10. The van der Waals surface area contributed by atoms with Crippen LogP contribution in [-0.4, -0.2) is 69.1 Å². The summed E-state index contributed by atoms with van der Waals surface area (Å²) in [6, 6.07) is 0. The van der Waals surface area contributed by atoms with Crippen molar-refractivity contribution in [2.45, 2.75) is 67.5 Å². The normalized spacial score (nSPS) is 13.2. The lowest BCUT2D eigenvalue weighted by Gasteiger charge is -2.36. The molecule has 0 aliphatic heterocycles. The van der Waals surface area contributed by atoms with Gasteiger partial charge in [0.25, 0.3) is 0 Å². The Balaban J connectivity index is 6.13. The van der Waals surface area contributed by atoms with Gasteiger partial charge in [-0.2, -0.15) is 13.2 Å². The number of alkyl halides is 3. The Morgan fingerprint density at radius 1 is 0.595 bits per heavy atom. The summed E-state index contributed by atoms with van der Waals surface area (Å²) in [6.07, 6.45) is -4.93. The molecule has 0 saturated carbocycles. The molecular weight excluding hydrogens is 565 g/mol. The molecule has 238 valence electrons. The van der Waals surface area contributed by atoms with E-state index in [0.717, 1.165) is 0 Å². The van der Waals surface area contributed by atoms with Crippen molar-refractivity contribution in [3.63, 3.8) is 0 Å². The number of hydrogen-bond acceptors (Lipinski definition) is 10. The molecule has 1 unspecified atom stereocenters. The van der Waals surface area contributed by atoms with Crippen molar-refractivity contribution in [3.05, 3.63) is 36.5 Å². The molecule has 1 atom stereocenters. The van der Waals surface area contributed by atoms with E-state index in [1.165, 1.54) is 41.5 Å². The van der Waals surface area contributed by atoms with Crippen LogP contribution in [0.5, 0.6) is 0 Å². The first-order valence-corrected chi connectivity index (χ1v) is 12.9. The van der Waals surface area contributed by atoms with Gasteiger partial charge in [-0.3, -0.25) is 9.59 Å². The van der Waals surface area contributed by atoms with Crippen molar-refractivity contribution in [3.8, 4) is 0 Å². The van der Waals surface area contributed by atoms with E-state index in [-0.39, 0.29) is 29.6 Å². The summed E-state index contributed by atoms with van der Waals surface area (Å²) in [5, 5.41) is 0. The van der Waals surface area contributed by atoms with E-state index >= 15 is 0 Å². The summed E-state index contributed by atoms with van der Waals surface area (Å²) in [6.45, 7) is 16.4. The first-order valence-electron chi connectivity index (χ1n) is 12.9. The van der Waals surface area contributed by atoms with Crippen molar-refractivity contribution in [2.24, 2.45) is 16.2 Å². The third-order valence-electron chi connectivity index (χ3n) is 6.11. The maximum atomic E-state index is 13.3. The molecule has 13 heteroatoms. The van der Waals surface area contributed by atoms with Gasteiger partial charge >= 0.3 is 36.0 Å². The van der Waals surface area contributed by atoms with Crippen molar-refractivity contribution < 1.29 is 60.8 Å². The highest BCUT2D eigenvalue weighted by molar-refractivity contribution is 5.88. The highest BCUT2D eigenvalue weighted by Gasteiger charge is 2.45. The van der Waals surface area contributed by atoms with Gasteiger partial charge in [-0.05, 0) is 54.4 Å². The minimum absolute atomic E-state index is 0.0381. The molecule has 0 saturated heterocycles. The lowest BCUT2D eigenvalue weighted by Crippen LogP contribution is -2.46. The molecule has 0 aliphatic rings. The molecule has 0 aromatic rings. The molecule has 0 fully saturated rings. The summed E-state index contributed by atoms with van der Waals surface area (Å²) >= 11 is 0. The van der Waals surface area contributed by atoms with Gasteiger partial charge in [-0.15, -0.1) is 0 Å². The lowest BCUT2D eigenvalue weighted by molar-refractivity contribution is -0.195. The van der Waals surface area contributed by atoms with Crippen LogP contribution in [0, 0.1) is 16.2 Å². The number of rotatable bonds is 17. The van der Waals surface area contributed by atoms with Gasteiger partial charge in [0.2, 0.25) is 0 Å². The zero-order valence-corrected chi connectivity index (χ0v) is 25.3. The third kappa shape index (κ3) is 12.9. The summed E-state index contributed by atoms with van der Waals surface area (Å²) < 4.78 is 63.5. The predicted molar refractivity (Wildman–Crippen MR) is 145 cm³/mol. The van der Waals surface area contributed by atoms with Crippen LogP contribution in [0.15, 0.2) is 36.5 Å². The maximum absolute atomic E-state index is 13.3. The minimum Gasteiger partial charge on any atom is -0.464 e. The van der Waals surface area contributed by atoms with Crippen LogP contribution in [0.2, 0.25) is 0 Å². The molecule has 0 aromatic heterocycles. The Bertz CT molecular complexity index is 1000. The number of hydrogen-bond donors (Lipinski definition) is 0. The zero-order chi connectivity index (χ0) is 33.1. The van der Waals surface area contributed by atoms with Crippen LogP contribution < -0.4 is 0 Å². The van der Waals surface area contributed by atoms with Gasteiger partial charge in [0.05, 0.1) is 10.8 Å². The molecule has 0 bridgehead atoms. The molecule has 0 N–H and O–H groups in total. The first-order chi connectivity index (χ1) is 19.0. The summed E-state index contributed by atoms with van der Waals surface area (Å²) in [5.41, 5.74) is -4.41. The topological polar surface area (TPSA) is 132 Å². The smallest absolute Gasteiger partial charge is 0.422 e. The number of ether oxygens (including phenoxy) is 5. The molecule has 0 rings (SSSR count). The predicted octanol–water partition coefficient (Wildman–Crippen LogP) is 4.81. The van der Waals surface area contributed by atoms with E-state index in [1.807, 2.05) is 0 Å². The van der Waals surface area contributed by atoms with Crippen LogP contribution in [0.1, 0.15) is 61.3 Å². The number of halogens is 3. The maximum Gasteiger partial charge on any atom is 0.422 e. The van der Waals surface area contributed by atoms with E-state index in [2.05, 4.69) is 24.5 Å². The molecule has 0 radical (unpaired) electrons. The van der Waals surface area contributed by atoms with Crippen LogP contribution >= 0.6 is 0 Å². The molecule has 0 aromatic carbocycles. The number of esters is 5. The van der Waals surface area contributed by atoms with Gasteiger partial charge in [-0.25, -0.2) is 14.4 Å². The minimum atomic E-state index is -4.73. The summed E-state index contributed by atoms with van der Waals surface area (Å²) in [4.78, 5) is 62.3. The first kappa shape index (κ1) is 38.4. The molecule has 0 amide bonds. The highest BCUT2D eigenvalue weighted by atomic mass is 19.4. The van der Waals surface area contributed by atoms with Crippen LogP contribution in [0.3, 0.4) is 0 Å². The Kier molecular flexibility index (Phi) is 14.2. The third-order valence-corrected chi connectivity index (χ3v) is 6.11. The fourth-order valence-electron chi connectivity index (χ4n) is 3.40. The monoisotopic (exact) mass is 606 g/mol. The van der Waals surface area contributed by atoms with Gasteiger partial charge in [0.1, 0.15) is 31.8 Å². The Hall–Kier alpha value is -3.64. The van der Waals surface area contributed by atoms with Crippen LogP contribution in [-0.2, 0) is 47.7 Å². The molecule has 42 heavy (non-hydrogen) atoms.